The number of nitrogens with zero attached hydrogens (tertiary/aromatic N) is 3. The van der Waals surface area contributed by atoms with Gasteiger partial charge in [-0.3, -0.25) is 9.59 Å². The maximum absolute atomic E-state index is 12.4. The lowest BCUT2D eigenvalue weighted by Gasteiger charge is -2.33. The first-order valence-corrected chi connectivity index (χ1v) is 10.1. The minimum atomic E-state index is -0.746. The number of nitrogens with one attached hydrogen (secondary N) is 3. The molecule has 154 valence electrons. The molecule has 1 aliphatic carbocycles. The van der Waals surface area contributed by atoms with E-state index in [1.807, 2.05) is 0 Å². The van der Waals surface area contributed by atoms with Crippen LogP contribution >= 0.6 is 0 Å². The van der Waals surface area contributed by atoms with Gasteiger partial charge in [0.25, 0.3) is 5.91 Å². The highest BCUT2D eigenvalue weighted by Crippen LogP contribution is 2.25. The van der Waals surface area contributed by atoms with Crippen LogP contribution in [0.3, 0.4) is 0 Å². The molecular formula is C19H30N6O3. The van der Waals surface area contributed by atoms with Gasteiger partial charge >= 0.3 is 0 Å². The van der Waals surface area contributed by atoms with Gasteiger partial charge in [-0.15, -0.1) is 0 Å². The second-order valence-electron chi connectivity index (χ2n) is 7.54. The standard InChI is InChI=1S/C19H30N6O3/c1-20-19-22-11-14(12-23-19)18(28)24-15-5-4-13(10-16(15)26)17(27)21-6-9-25-7-2-3-8-25/h11-13,15-16,26H,2-10H2,1H3,(H,21,27)(H,24,28)(H,20,22,23)/t13-,15-,16-/m0/s1. The van der Waals surface area contributed by atoms with Crippen molar-refractivity contribution in [1.82, 2.24) is 25.5 Å². The summed E-state index contributed by atoms with van der Waals surface area (Å²) in [6.45, 7) is 3.76. The lowest BCUT2D eigenvalue weighted by molar-refractivity contribution is -0.127. The Labute approximate surface area is 165 Å². The predicted octanol–water partition coefficient (Wildman–Crippen LogP) is -0.0103. The van der Waals surface area contributed by atoms with Crippen LogP contribution in [0.2, 0.25) is 0 Å². The molecule has 0 bridgehead atoms. The van der Waals surface area contributed by atoms with Gasteiger partial charge in [-0.05, 0) is 45.2 Å². The molecule has 0 spiro atoms. The van der Waals surface area contributed by atoms with E-state index in [4.69, 9.17) is 0 Å². The van der Waals surface area contributed by atoms with Crippen LogP contribution in [-0.2, 0) is 4.79 Å². The Morgan fingerprint density at radius 2 is 1.93 bits per heavy atom. The minimum absolute atomic E-state index is 0.000854. The fourth-order valence-corrected chi connectivity index (χ4v) is 3.87. The predicted molar refractivity (Wildman–Crippen MR) is 105 cm³/mol. The summed E-state index contributed by atoms with van der Waals surface area (Å²) >= 11 is 0. The average molecular weight is 390 g/mol. The van der Waals surface area contributed by atoms with Crippen LogP contribution in [0, 0.1) is 5.92 Å². The zero-order valence-corrected chi connectivity index (χ0v) is 16.4. The largest absolute Gasteiger partial charge is 0.391 e. The van der Waals surface area contributed by atoms with Crippen molar-refractivity contribution in [3.63, 3.8) is 0 Å². The van der Waals surface area contributed by atoms with E-state index in [1.54, 1.807) is 7.05 Å². The monoisotopic (exact) mass is 390 g/mol. The van der Waals surface area contributed by atoms with Crippen molar-refractivity contribution in [1.29, 1.82) is 0 Å². The quantitative estimate of drug-likeness (QED) is 0.517. The van der Waals surface area contributed by atoms with Crippen LogP contribution < -0.4 is 16.0 Å². The smallest absolute Gasteiger partial charge is 0.254 e. The summed E-state index contributed by atoms with van der Waals surface area (Å²) in [6, 6.07) is -0.370. The van der Waals surface area contributed by atoms with Gasteiger partial charge in [0.05, 0.1) is 17.7 Å². The molecule has 1 saturated carbocycles. The Balaban J connectivity index is 1.42. The molecule has 2 amide bonds. The Morgan fingerprint density at radius 1 is 1.21 bits per heavy atom. The molecule has 0 aromatic carbocycles. The molecule has 1 saturated heterocycles. The van der Waals surface area contributed by atoms with E-state index < -0.39 is 6.10 Å². The molecule has 0 unspecified atom stereocenters. The van der Waals surface area contributed by atoms with E-state index in [2.05, 4.69) is 30.8 Å². The molecule has 28 heavy (non-hydrogen) atoms. The van der Waals surface area contributed by atoms with Gasteiger partial charge in [0.1, 0.15) is 0 Å². The van der Waals surface area contributed by atoms with Crippen molar-refractivity contribution in [2.75, 3.05) is 38.5 Å². The van der Waals surface area contributed by atoms with Crippen LogP contribution in [-0.4, -0.2) is 77.2 Å². The summed E-state index contributed by atoms with van der Waals surface area (Å²) < 4.78 is 0. The molecular weight excluding hydrogens is 360 g/mol. The molecule has 0 radical (unpaired) electrons. The van der Waals surface area contributed by atoms with Crippen LogP contribution in [0.15, 0.2) is 12.4 Å². The number of aromatic nitrogens is 2. The summed E-state index contributed by atoms with van der Waals surface area (Å²) in [5.41, 5.74) is 0.341. The average Bonchev–Trinajstić information content (AvgIpc) is 3.23. The van der Waals surface area contributed by atoms with Crippen LogP contribution in [0.4, 0.5) is 5.95 Å². The van der Waals surface area contributed by atoms with Crippen molar-refractivity contribution in [2.45, 2.75) is 44.2 Å². The van der Waals surface area contributed by atoms with Gasteiger partial charge in [-0.1, -0.05) is 0 Å². The van der Waals surface area contributed by atoms with Gasteiger partial charge in [0, 0.05) is 38.4 Å². The lowest BCUT2D eigenvalue weighted by Crippen LogP contribution is -2.49. The number of likely N-dealkylation sites (tertiary alicyclic amines) is 1. The van der Waals surface area contributed by atoms with Crippen molar-refractivity contribution < 1.29 is 14.7 Å². The summed E-state index contributed by atoms with van der Waals surface area (Å²) in [5.74, 6) is -0.0906. The van der Waals surface area contributed by atoms with E-state index in [1.165, 1.54) is 25.2 Å². The third kappa shape index (κ3) is 5.39. The third-order valence-corrected chi connectivity index (χ3v) is 5.57. The normalized spacial score (nSPS) is 25.3. The molecule has 1 aromatic heterocycles. The third-order valence-electron chi connectivity index (χ3n) is 5.57. The summed E-state index contributed by atoms with van der Waals surface area (Å²) in [7, 11) is 1.70. The number of carbonyl (C=O) groups excluding carboxylic acids is 2. The van der Waals surface area contributed by atoms with Crippen molar-refractivity contribution >= 4 is 17.8 Å². The molecule has 4 N–H and O–H groups in total. The Hall–Kier alpha value is -2.26. The first kappa shape index (κ1) is 20.5. The zero-order valence-electron chi connectivity index (χ0n) is 16.4. The van der Waals surface area contributed by atoms with Crippen LogP contribution in [0.5, 0.6) is 0 Å². The highest BCUT2D eigenvalue weighted by molar-refractivity contribution is 5.93. The number of hydrogen-bond acceptors (Lipinski definition) is 7. The maximum atomic E-state index is 12.4. The first-order valence-electron chi connectivity index (χ1n) is 10.1. The number of aliphatic hydroxyl groups excluding tert-OH is 1. The minimum Gasteiger partial charge on any atom is -0.391 e. The number of amides is 2. The molecule has 1 aromatic rings. The maximum Gasteiger partial charge on any atom is 0.254 e. The first-order chi connectivity index (χ1) is 13.6. The fourth-order valence-electron chi connectivity index (χ4n) is 3.87. The van der Waals surface area contributed by atoms with E-state index in [9.17, 15) is 14.7 Å². The van der Waals surface area contributed by atoms with Gasteiger partial charge < -0.3 is 26.0 Å². The zero-order chi connectivity index (χ0) is 19.9. The molecule has 2 heterocycles. The van der Waals surface area contributed by atoms with E-state index in [0.29, 0.717) is 37.3 Å². The second-order valence-corrected chi connectivity index (χ2v) is 7.54. The molecule has 2 aliphatic rings. The number of carbonyl (C=O) groups is 2. The summed E-state index contributed by atoms with van der Waals surface area (Å²) in [5, 5.41) is 19.0. The number of hydrogen-bond donors (Lipinski definition) is 4. The molecule has 3 rings (SSSR count). The van der Waals surface area contributed by atoms with E-state index in [0.717, 1.165) is 19.6 Å². The lowest BCUT2D eigenvalue weighted by atomic mass is 9.83. The topological polar surface area (TPSA) is 119 Å². The summed E-state index contributed by atoms with van der Waals surface area (Å²) in [4.78, 5) is 35.1. The van der Waals surface area contributed by atoms with Gasteiger partial charge in [-0.25, -0.2) is 9.97 Å². The van der Waals surface area contributed by atoms with Crippen molar-refractivity contribution in [3.05, 3.63) is 18.0 Å². The Kier molecular flexibility index (Phi) is 7.16. The molecule has 2 fully saturated rings. The van der Waals surface area contributed by atoms with E-state index >= 15 is 0 Å². The van der Waals surface area contributed by atoms with E-state index in [-0.39, 0.29) is 23.8 Å². The molecule has 1 aliphatic heterocycles. The van der Waals surface area contributed by atoms with Crippen LogP contribution in [0.1, 0.15) is 42.5 Å². The Morgan fingerprint density at radius 3 is 2.57 bits per heavy atom. The highest BCUT2D eigenvalue weighted by atomic mass is 16.3. The molecule has 3 atom stereocenters. The fraction of sp³-hybridized carbons (Fsp3) is 0.684. The second kappa shape index (κ2) is 9.79. The number of anilines is 1. The van der Waals surface area contributed by atoms with Crippen molar-refractivity contribution in [3.8, 4) is 0 Å². The Bertz CT molecular complexity index is 662. The van der Waals surface area contributed by atoms with Crippen molar-refractivity contribution in [2.24, 2.45) is 5.92 Å². The van der Waals surface area contributed by atoms with Gasteiger partial charge in [0.2, 0.25) is 11.9 Å². The summed E-state index contributed by atoms with van der Waals surface area (Å²) in [6.07, 6.45) is 6.18. The van der Waals surface area contributed by atoms with Gasteiger partial charge in [-0.2, -0.15) is 0 Å². The highest BCUT2D eigenvalue weighted by Gasteiger charge is 2.33. The molecule has 9 heteroatoms. The number of aliphatic hydroxyl groups is 1. The van der Waals surface area contributed by atoms with Crippen LogP contribution in [0.25, 0.3) is 0 Å². The SMILES string of the molecule is CNc1ncc(C(=O)N[C@H]2CC[C@H](C(=O)NCCN3CCCC3)C[C@@H]2O)cn1. The number of rotatable bonds is 7. The van der Waals surface area contributed by atoms with Gasteiger partial charge in [0.15, 0.2) is 0 Å². The molecule has 9 nitrogen and oxygen atoms in total.